The minimum atomic E-state index is 0.524. The van der Waals surface area contributed by atoms with Crippen LogP contribution in [0.15, 0.2) is 24.3 Å². The van der Waals surface area contributed by atoms with E-state index in [0.29, 0.717) is 12.1 Å². The molecule has 0 amide bonds. The first kappa shape index (κ1) is 17.7. The zero-order chi connectivity index (χ0) is 16.9. The third-order valence-electron chi connectivity index (χ3n) is 5.64. The lowest BCUT2D eigenvalue weighted by Crippen LogP contribution is -2.52. The fourth-order valence-corrected chi connectivity index (χ4v) is 4.04. The summed E-state index contributed by atoms with van der Waals surface area (Å²) < 4.78 is 0. The lowest BCUT2D eigenvalue weighted by molar-refractivity contribution is 0.112. The second-order valence-corrected chi connectivity index (χ2v) is 7.56. The number of hydrogen-bond donors (Lipinski definition) is 1. The fourth-order valence-electron chi connectivity index (χ4n) is 4.04. The lowest BCUT2D eigenvalue weighted by Gasteiger charge is -2.40. The van der Waals surface area contributed by atoms with Gasteiger partial charge in [-0.15, -0.1) is 0 Å². The first-order valence-corrected chi connectivity index (χ1v) is 9.64. The summed E-state index contributed by atoms with van der Waals surface area (Å²) in [5.41, 5.74) is 2.76. The van der Waals surface area contributed by atoms with E-state index in [1.54, 1.807) is 0 Å². The predicted octanol–water partition coefficient (Wildman–Crippen LogP) is 2.57. The van der Waals surface area contributed by atoms with E-state index in [1.807, 2.05) is 0 Å². The Morgan fingerprint density at radius 1 is 1.12 bits per heavy atom. The van der Waals surface area contributed by atoms with Crippen molar-refractivity contribution in [3.63, 3.8) is 0 Å². The Bertz CT molecular complexity index is 493. The number of hydrogen-bond acceptors (Lipinski definition) is 4. The SMILES string of the molecule is CCC1CN(C(CN2CCCC2)c2ccc(N(C)C)cc2)CCN1. The molecule has 2 heterocycles. The quantitative estimate of drug-likeness (QED) is 0.865. The molecule has 2 atom stereocenters. The summed E-state index contributed by atoms with van der Waals surface area (Å²) in [4.78, 5) is 7.55. The smallest absolute Gasteiger partial charge is 0.0476 e. The van der Waals surface area contributed by atoms with Crippen molar-refractivity contribution in [2.45, 2.75) is 38.3 Å². The van der Waals surface area contributed by atoms with Gasteiger partial charge in [0.15, 0.2) is 0 Å². The number of benzene rings is 1. The van der Waals surface area contributed by atoms with Crippen LogP contribution in [-0.2, 0) is 0 Å². The summed E-state index contributed by atoms with van der Waals surface area (Å²) in [6.07, 6.45) is 3.95. The predicted molar refractivity (Wildman–Crippen MR) is 103 cm³/mol. The van der Waals surface area contributed by atoms with Gasteiger partial charge in [0.1, 0.15) is 0 Å². The van der Waals surface area contributed by atoms with Crippen molar-refractivity contribution >= 4 is 5.69 Å². The summed E-state index contributed by atoms with van der Waals surface area (Å²) in [6, 6.07) is 10.4. The molecular weight excluding hydrogens is 296 g/mol. The molecule has 0 saturated carbocycles. The summed E-state index contributed by atoms with van der Waals surface area (Å²) in [6.45, 7) is 9.46. The normalized spacial score (nSPS) is 24.2. The number of rotatable bonds is 6. The van der Waals surface area contributed by atoms with Crippen molar-refractivity contribution in [2.75, 3.05) is 58.3 Å². The summed E-state index contributed by atoms with van der Waals surface area (Å²) >= 11 is 0. The van der Waals surface area contributed by atoms with Crippen molar-refractivity contribution in [3.05, 3.63) is 29.8 Å². The second kappa shape index (κ2) is 8.32. The van der Waals surface area contributed by atoms with Gasteiger partial charge in [0.2, 0.25) is 0 Å². The van der Waals surface area contributed by atoms with Crippen LogP contribution in [0.3, 0.4) is 0 Å². The highest BCUT2D eigenvalue weighted by Gasteiger charge is 2.28. The number of piperazine rings is 1. The van der Waals surface area contributed by atoms with Gasteiger partial charge in [-0.25, -0.2) is 0 Å². The highest BCUT2D eigenvalue weighted by Crippen LogP contribution is 2.27. The molecule has 0 aromatic heterocycles. The lowest BCUT2D eigenvalue weighted by atomic mass is 10.0. The van der Waals surface area contributed by atoms with Gasteiger partial charge >= 0.3 is 0 Å². The average molecular weight is 331 g/mol. The van der Waals surface area contributed by atoms with Gasteiger partial charge in [0.05, 0.1) is 0 Å². The van der Waals surface area contributed by atoms with Crippen molar-refractivity contribution in [3.8, 4) is 0 Å². The number of anilines is 1. The standard InChI is InChI=1S/C20H34N4/c1-4-18-15-24(14-11-21-18)20(16-23-12-5-6-13-23)17-7-9-19(10-8-17)22(2)3/h7-10,18,20-21H,4-6,11-16H2,1-3H3. The van der Waals surface area contributed by atoms with E-state index in [2.05, 4.69) is 65.3 Å². The Labute approximate surface area is 147 Å². The molecule has 1 N–H and O–H groups in total. The highest BCUT2D eigenvalue weighted by molar-refractivity contribution is 5.46. The van der Waals surface area contributed by atoms with Gasteiger partial charge in [0, 0.05) is 58.0 Å². The molecule has 0 spiro atoms. The van der Waals surface area contributed by atoms with Crippen LogP contribution in [-0.4, -0.2) is 69.2 Å². The van der Waals surface area contributed by atoms with Crippen LogP contribution in [0.4, 0.5) is 5.69 Å². The van der Waals surface area contributed by atoms with Crippen LogP contribution in [0, 0.1) is 0 Å². The van der Waals surface area contributed by atoms with Crippen molar-refractivity contribution < 1.29 is 0 Å². The Hall–Kier alpha value is -1.10. The fraction of sp³-hybridized carbons (Fsp3) is 0.700. The van der Waals surface area contributed by atoms with E-state index in [-0.39, 0.29) is 0 Å². The average Bonchev–Trinajstić information content (AvgIpc) is 3.13. The Morgan fingerprint density at radius 2 is 1.83 bits per heavy atom. The van der Waals surface area contributed by atoms with E-state index in [4.69, 9.17) is 0 Å². The Morgan fingerprint density at radius 3 is 2.46 bits per heavy atom. The molecule has 2 aliphatic heterocycles. The van der Waals surface area contributed by atoms with E-state index in [9.17, 15) is 0 Å². The molecule has 3 rings (SSSR count). The molecule has 2 unspecified atom stereocenters. The van der Waals surface area contributed by atoms with Gasteiger partial charge in [0.25, 0.3) is 0 Å². The third kappa shape index (κ3) is 4.29. The zero-order valence-corrected chi connectivity index (χ0v) is 15.7. The van der Waals surface area contributed by atoms with Gasteiger partial charge in [-0.3, -0.25) is 4.90 Å². The van der Waals surface area contributed by atoms with E-state index >= 15 is 0 Å². The second-order valence-electron chi connectivity index (χ2n) is 7.56. The van der Waals surface area contributed by atoms with E-state index < -0.39 is 0 Å². The molecule has 2 fully saturated rings. The number of nitrogens with one attached hydrogen (secondary N) is 1. The van der Waals surface area contributed by atoms with Crippen LogP contribution in [0.25, 0.3) is 0 Å². The molecule has 24 heavy (non-hydrogen) atoms. The van der Waals surface area contributed by atoms with Crippen LogP contribution >= 0.6 is 0 Å². The molecule has 1 aromatic carbocycles. The molecule has 0 bridgehead atoms. The third-order valence-corrected chi connectivity index (χ3v) is 5.64. The van der Waals surface area contributed by atoms with Gasteiger partial charge < -0.3 is 15.1 Å². The minimum absolute atomic E-state index is 0.524. The minimum Gasteiger partial charge on any atom is -0.378 e. The molecule has 4 heteroatoms. The molecule has 0 aliphatic carbocycles. The Kier molecular flexibility index (Phi) is 6.14. The summed E-state index contributed by atoms with van der Waals surface area (Å²) in [5.74, 6) is 0. The molecule has 0 radical (unpaired) electrons. The van der Waals surface area contributed by atoms with E-state index in [1.165, 1.54) is 56.7 Å². The maximum atomic E-state index is 3.66. The van der Waals surface area contributed by atoms with Crippen molar-refractivity contribution in [1.82, 2.24) is 15.1 Å². The van der Waals surface area contributed by atoms with E-state index in [0.717, 1.165) is 13.1 Å². The van der Waals surface area contributed by atoms with Crippen molar-refractivity contribution in [2.24, 2.45) is 0 Å². The molecule has 1 aromatic rings. The van der Waals surface area contributed by atoms with Gasteiger partial charge in [-0.2, -0.15) is 0 Å². The van der Waals surface area contributed by atoms with Crippen molar-refractivity contribution in [1.29, 1.82) is 0 Å². The van der Waals surface area contributed by atoms with Gasteiger partial charge in [-0.05, 0) is 50.0 Å². The largest absolute Gasteiger partial charge is 0.378 e. The van der Waals surface area contributed by atoms with Gasteiger partial charge in [-0.1, -0.05) is 19.1 Å². The molecule has 2 saturated heterocycles. The summed E-state index contributed by atoms with van der Waals surface area (Å²) in [7, 11) is 4.22. The highest BCUT2D eigenvalue weighted by atomic mass is 15.3. The van der Waals surface area contributed by atoms with Crippen LogP contribution in [0.2, 0.25) is 0 Å². The zero-order valence-electron chi connectivity index (χ0n) is 15.7. The molecule has 2 aliphatic rings. The number of likely N-dealkylation sites (tertiary alicyclic amines) is 1. The maximum absolute atomic E-state index is 3.66. The first-order valence-electron chi connectivity index (χ1n) is 9.64. The molecule has 134 valence electrons. The summed E-state index contributed by atoms with van der Waals surface area (Å²) in [5, 5.41) is 3.66. The topological polar surface area (TPSA) is 21.8 Å². The first-order chi connectivity index (χ1) is 11.7. The molecule has 4 nitrogen and oxygen atoms in total. The number of nitrogens with zero attached hydrogens (tertiary/aromatic N) is 3. The van der Waals surface area contributed by atoms with Crippen LogP contribution < -0.4 is 10.2 Å². The Balaban J connectivity index is 1.77. The molecular formula is C20H34N4. The van der Waals surface area contributed by atoms with Crippen LogP contribution in [0.1, 0.15) is 37.8 Å². The van der Waals surface area contributed by atoms with Crippen LogP contribution in [0.5, 0.6) is 0 Å². The maximum Gasteiger partial charge on any atom is 0.0476 e. The monoisotopic (exact) mass is 330 g/mol.